The van der Waals surface area contributed by atoms with Crippen molar-refractivity contribution in [2.75, 3.05) is 17.8 Å². The number of carboxylic acids is 1. The van der Waals surface area contributed by atoms with E-state index in [4.69, 9.17) is 5.73 Å². The van der Waals surface area contributed by atoms with Gasteiger partial charge in [-0.05, 0) is 43.0 Å². The summed E-state index contributed by atoms with van der Waals surface area (Å²) >= 11 is 5.41. The molecule has 0 spiro atoms. The second-order valence-electron chi connectivity index (χ2n) is 7.63. The number of nitrogens with one attached hydrogen (secondary N) is 3. The standard InChI is InChI=1S/C21H32N4O7S2/c1-11(26)17(25-19(29)15(7-8-34-2)23-18(28)14(22)10-33)20(30)24-16(21(31)32)9-12-3-5-13(27)6-4-12/h3-6,11,14-17,26-27,33H,7-10,22H2,1-2H3,(H,23,28)(H,24,30)(H,25,29)(H,31,32). The zero-order valence-corrected chi connectivity index (χ0v) is 20.6. The zero-order valence-electron chi connectivity index (χ0n) is 18.9. The predicted molar refractivity (Wildman–Crippen MR) is 132 cm³/mol. The first-order valence-corrected chi connectivity index (χ1v) is 12.5. The summed E-state index contributed by atoms with van der Waals surface area (Å²) in [4.78, 5) is 49.4. The van der Waals surface area contributed by atoms with E-state index in [0.29, 0.717) is 11.3 Å². The van der Waals surface area contributed by atoms with Crippen molar-refractivity contribution >= 4 is 48.1 Å². The molecular weight excluding hydrogens is 484 g/mol. The van der Waals surface area contributed by atoms with Crippen LogP contribution in [0.1, 0.15) is 18.9 Å². The van der Waals surface area contributed by atoms with Crippen LogP contribution in [0, 0.1) is 0 Å². The Morgan fingerprint density at radius 2 is 1.62 bits per heavy atom. The topological polar surface area (TPSA) is 191 Å². The van der Waals surface area contributed by atoms with Gasteiger partial charge in [0.05, 0.1) is 12.1 Å². The number of aliphatic hydroxyl groups excluding tert-OH is 1. The van der Waals surface area contributed by atoms with Crippen LogP contribution in [0.4, 0.5) is 0 Å². The number of nitrogens with two attached hydrogens (primary N) is 1. The van der Waals surface area contributed by atoms with Crippen LogP contribution in [-0.2, 0) is 25.6 Å². The minimum absolute atomic E-state index is 0.00925. The number of benzene rings is 1. The Balaban J connectivity index is 2.94. The van der Waals surface area contributed by atoms with Crippen LogP contribution in [0.25, 0.3) is 0 Å². The highest BCUT2D eigenvalue weighted by Crippen LogP contribution is 2.12. The molecule has 3 amide bonds. The molecule has 0 aromatic heterocycles. The summed E-state index contributed by atoms with van der Waals surface area (Å²) in [6.07, 6.45) is 0.618. The Kier molecular flexibility index (Phi) is 12.8. The van der Waals surface area contributed by atoms with Crippen LogP contribution in [0.3, 0.4) is 0 Å². The molecule has 1 rings (SSSR count). The first-order chi connectivity index (χ1) is 16.0. The van der Waals surface area contributed by atoms with Crippen LogP contribution >= 0.6 is 24.4 Å². The van der Waals surface area contributed by atoms with Crippen LogP contribution in [0.15, 0.2) is 24.3 Å². The molecule has 0 radical (unpaired) electrons. The summed E-state index contributed by atoms with van der Waals surface area (Å²) < 4.78 is 0. The average molecular weight is 517 g/mol. The number of thioether (sulfide) groups is 1. The molecule has 8 N–H and O–H groups in total. The number of rotatable bonds is 14. The third-order valence-corrected chi connectivity index (χ3v) is 5.87. The lowest BCUT2D eigenvalue weighted by atomic mass is 10.0. The minimum Gasteiger partial charge on any atom is -0.508 e. The van der Waals surface area contributed by atoms with Crippen molar-refractivity contribution < 1.29 is 34.5 Å². The maximum Gasteiger partial charge on any atom is 0.326 e. The number of phenolic OH excluding ortho intramolecular Hbond substituents is 1. The van der Waals surface area contributed by atoms with Crippen LogP contribution in [0.5, 0.6) is 5.75 Å². The van der Waals surface area contributed by atoms with Crippen molar-refractivity contribution in [1.29, 1.82) is 0 Å². The van der Waals surface area contributed by atoms with Crippen molar-refractivity contribution in [3.05, 3.63) is 29.8 Å². The van der Waals surface area contributed by atoms with Gasteiger partial charge in [-0.2, -0.15) is 24.4 Å². The molecule has 0 aliphatic rings. The molecule has 0 bridgehead atoms. The SMILES string of the molecule is CSCCC(NC(=O)C(N)CS)C(=O)NC(C(=O)NC(Cc1ccc(O)cc1)C(=O)O)C(C)O. The lowest BCUT2D eigenvalue weighted by molar-refractivity contribution is -0.143. The molecule has 0 heterocycles. The van der Waals surface area contributed by atoms with Gasteiger partial charge < -0.3 is 37.0 Å². The smallest absolute Gasteiger partial charge is 0.326 e. The summed E-state index contributed by atoms with van der Waals surface area (Å²) in [5, 5.41) is 36.2. The first-order valence-electron chi connectivity index (χ1n) is 10.4. The van der Waals surface area contributed by atoms with Crippen molar-refractivity contribution in [3.8, 4) is 5.75 Å². The fraction of sp³-hybridized carbons (Fsp3) is 0.524. The predicted octanol–water partition coefficient (Wildman–Crippen LogP) is -1.14. The number of phenols is 1. The minimum atomic E-state index is -1.47. The average Bonchev–Trinajstić information content (AvgIpc) is 2.79. The lowest BCUT2D eigenvalue weighted by Gasteiger charge is -2.26. The van der Waals surface area contributed by atoms with Crippen molar-refractivity contribution in [2.24, 2.45) is 5.73 Å². The number of carbonyl (C=O) groups excluding carboxylic acids is 3. The molecule has 1 aromatic rings. The summed E-state index contributed by atoms with van der Waals surface area (Å²) in [6, 6.07) is 1.03. The fourth-order valence-electron chi connectivity index (χ4n) is 2.85. The van der Waals surface area contributed by atoms with Crippen LogP contribution < -0.4 is 21.7 Å². The number of thiol groups is 1. The van der Waals surface area contributed by atoms with E-state index < -0.39 is 54.0 Å². The van der Waals surface area contributed by atoms with Gasteiger partial charge in [0.25, 0.3) is 0 Å². The van der Waals surface area contributed by atoms with Gasteiger partial charge in [-0.25, -0.2) is 4.79 Å². The number of aliphatic hydroxyl groups is 1. The number of amides is 3. The van der Waals surface area contributed by atoms with Crippen LogP contribution in [-0.4, -0.2) is 87.0 Å². The molecule has 5 atom stereocenters. The van der Waals surface area contributed by atoms with E-state index in [-0.39, 0.29) is 24.3 Å². The third-order valence-electron chi connectivity index (χ3n) is 4.83. The van der Waals surface area contributed by atoms with E-state index in [0.717, 1.165) is 0 Å². The Bertz CT molecular complexity index is 839. The van der Waals surface area contributed by atoms with Gasteiger partial charge in [-0.3, -0.25) is 14.4 Å². The summed E-state index contributed by atoms with van der Waals surface area (Å²) in [5.74, 6) is -2.93. The third kappa shape index (κ3) is 9.79. The highest BCUT2D eigenvalue weighted by molar-refractivity contribution is 7.98. The molecule has 11 nitrogen and oxygen atoms in total. The van der Waals surface area contributed by atoms with Gasteiger partial charge in [-0.15, -0.1) is 0 Å². The maximum atomic E-state index is 12.8. The second kappa shape index (κ2) is 14.7. The van der Waals surface area contributed by atoms with E-state index >= 15 is 0 Å². The number of carbonyl (C=O) groups is 4. The van der Waals surface area contributed by atoms with E-state index in [2.05, 4.69) is 28.6 Å². The molecule has 0 fully saturated rings. The number of hydrogen-bond donors (Lipinski definition) is 8. The number of carboxylic acid groups (broad SMARTS) is 1. The molecule has 34 heavy (non-hydrogen) atoms. The Morgan fingerprint density at radius 3 is 2.12 bits per heavy atom. The van der Waals surface area contributed by atoms with E-state index in [9.17, 15) is 34.5 Å². The monoisotopic (exact) mass is 516 g/mol. The summed E-state index contributed by atoms with van der Waals surface area (Å²) in [6.45, 7) is 1.27. The number of aliphatic carboxylic acids is 1. The number of hydrogen-bond acceptors (Lipinski definition) is 9. The van der Waals surface area contributed by atoms with Gasteiger partial charge in [0.15, 0.2) is 0 Å². The van der Waals surface area contributed by atoms with Gasteiger partial charge in [0.1, 0.15) is 23.9 Å². The Hall–Kier alpha value is -2.48. The summed E-state index contributed by atoms with van der Waals surface area (Å²) in [5.41, 5.74) is 6.19. The summed E-state index contributed by atoms with van der Waals surface area (Å²) in [7, 11) is 0. The molecule has 13 heteroatoms. The molecule has 190 valence electrons. The lowest BCUT2D eigenvalue weighted by Crippen LogP contribution is -2.60. The molecule has 0 aliphatic heterocycles. The van der Waals surface area contributed by atoms with E-state index in [1.165, 1.54) is 43.0 Å². The normalized spacial score (nSPS) is 15.3. The van der Waals surface area contributed by atoms with Gasteiger partial charge in [0, 0.05) is 12.2 Å². The second-order valence-corrected chi connectivity index (χ2v) is 8.98. The molecule has 1 aromatic carbocycles. The highest BCUT2D eigenvalue weighted by atomic mass is 32.2. The quantitative estimate of drug-likeness (QED) is 0.141. The van der Waals surface area contributed by atoms with Gasteiger partial charge in [-0.1, -0.05) is 12.1 Å². The van der Waals surface area contributed by atoms with Gasteiger partial charge >= 0.3 is 5.97 Å². The number of aromatic hydroxyl groups is 1. The first kappa shape index (κ1) is 29.6. The van der Waals surface area contributed by atoms with Crippen molar-refractivity contribution in [2.45, 2.75) is 50.0 Å². The molecule has 5 unspecified atom stereocenters. The molecule has 0 aliphatic carbocycles. The fourth-order valence-corrected chi connectivity index (χ4v) is 3.49. The largest absolute Gasteiger partial charge is 0.508 e. The van der Waals surface area contributed by atoms with E-state index in [1.807, 2.05) is 6.26 Å². The van der Waals surface area contributed by atoms with Crippen LogP contribution in [0.2, 0.25) is 0 Å². The Labute approximate surface area is 207 Å². The van der Waals surface area contributed by atoms with Gasteiger partial charge in [0.2, 0.25) is 17.7 Å². The highest BCUT2D eigenvalue weighted by Gasteiger charge is 2.32. The zero-order chi connectivity index (χ0) is 25.8. The van der Waals surface area contributed by atoms with Crippen molar-refractivity contribution in [1.82, 2.24) is 16.0 Å². The van der Waals surface area contributed by atoms with E-state index in [1.54, 1.807) is 0 Å². The Morgan fingerprint density at radius 1 is 1.03 bits per heavy atom. The molecule has 0 saturated heterocycles. The molecule has 0 saturated carbocycles. The molecular formula is C21H32N4O7S2. The van der Waals surface area contributed by atoms with Crippen molar-refractivity contribution in [3.63, 3.8) is 0 Å². The maximum absolute atomic E-state index is 12.8.